The van der Waals surface area contributed by atoms with E-state index in [1.807, 2.05) is 13.8 Å². The summed E-state index contributed by atoms with van der Waals surface area (Å²) < 4.78 is 16.8. The number of hydrogen-bond acceptors (Lipinski definition) is 6. The lowest BCUT2D eigenvalue weighted by molar-refractivity contribution is -0.00000763. The van der Waals surface area contributed by atoms with E-state index in [0.717, 1.165) is 13.1 Å². The minimum absolute atomic E-state index is 0. The van der Waals surface area contributed by atoms with Crippen molar-refractivity contribution >= 4 is 5.95 Å². The molecule has 0 aromatic carbocycles. The van der Waals surface area contributed by atoms with Crippen molar-refractivity contribution in [2.24, 2.45) is 0 Å². The predicted octanol–water partition coefficient (Wildman–Crippen LogP) is -2.36. The van der Waals surface area contributed by atoms with Gasteiger partial charge in [-0.2, -0.15) is 0 Å². The molecule has 1 aliphatic rings. The minimum Gasteiger partial charge on any atom is -1.00 e. The van der Waals surface area contributed by atoms with E-state index in [1.54, 1.807) is 0 Å². The van der Waals surface area contributed by atoms with Gasteiger partial charge in [0.1, 0.15) is 13.1 Å². The highest BCUT2D eigenvalue weighted by Gasteiger charge is 2.33. The van der Waals surface area contributed by atoms with Crippen LogP contribution in [0.1, 0.15) is 13.8 Å². The van der Waals surface area contributed by atoms with E-state index in [2.05, 4.69) is 22.0 Å². The number of aromatic nitrogens is 3. The molecule has 0 aliphatic carbocycles. The monoisotopic (exact) mass is 304 g/mol. The van der Waals surface area contributed by atoms with Gasteiger partial charge in [0.05, 0.1) is 33.5 Å². The zero-order chi connectivity index (χ0) is 13.7. The molecule has 1 aromatic rings. The average Bonchev–Trinajstić information content (AvgIpc) is 2.40. The van der Waals surface area contributed by atoms with Gasteiger partial charge >= 0.3 is 18.0 Å². The van der Waals surface area contributed by atoms with Crippen LogP contribution in [0.25, 0.3) is 0 Å². The van der Waals surface area contributed by atoms with Gasteiger partial charge in [-0.1, -0.05) is 0 Å². The van der Waals surface area contributed by atoms with Gasteiger partial charge in [-0.15, -0.1) is 15.0 Å². The number of ether oxygens (including phenoxy) is 3. The van der Waals surface area contributed by atoms with E-state index in [1.165, 1.54) is 0 Å². The van der Waals surface area contributed by atoms with Gasteiger partial charge < -0.3 is 26.6 Å². The van der Waals surface area contributed by atoms with Crippen LogP contribution in [0.5, 0.6) is 12.0 Å². The summed E-state index contributed by atoms with van der Waals surface area (Å²) in [6, 6.07) is 0.642. The van der Waals surface area contributed by atoms with Gasteiger partial charge in [0.2, 0.25) is 0 Å². The Hall–Kier alpha value is -1.18. The van der Waals surface area contributed by atoms with Crippen molar-refractivity contribution in [1.82, 2.24) is 19.4 Å². The van der Waals surface area contributed by atoms with Crippen LogP contribution in [0.15, 0.2) is 0 Å². The van der Waals surface area contributed by atoms with Gasteiger partial charge in [0, 0.05) is 0 Å². The fourth-order valence-corrected chi connectivity index (χ4v) is 1.90. The zero-order valence-electron chi connectivity index (χ0n) is 12.1. The molecule has 2 rings (SSSR count). The minimum atomic E-state index is 0. The number of quaternary nitrogens is 1. The number of likely N-dealkylation sites (N-methyl/N-ethyl adjacent to an activating group) is 1. The second-order valence-electron chi connectivity index (χ2n) is 4.52. The summed E-state index contributed by atoms with van der Waals surface area (Å²) >= 11 is 0. The Balaban J connectivity index is 0.00000200. The molecule has 0 bridgehead atoms. The SMILES string of the molecule is CCOc1nc(OCC)nc([N+]2(C)CCOCC2)n1.[Cl-]. The molecule has 2 heterocycles. The van der Waals surface area contributed by atoms with E-state index < -0.39 is 0 Å². The maximum Gasteiger partial charge on any atom is 0.338 e. The van der Waals surface area contributed by atoms with Crippen LogP contribution >= 0.6 is 0 Å². The number of morpholine rings is 1. The van der Waals surface area contributed by atoms with Crippen molar-refractivity contribution in [3.05, 3.63) is 0 Å². The molecular weight excluding hydrogens is 284 g/mol. The van der Waals surface area contributed by atoms with Gasteiger partial charge in [-0.05, 0) is 13.8 Å². The molecule has 0 unspecified atom stereocenters. The summed E-state index contributed by atoms with van der Waals surface area (Å²) in [5.74, 6) is 0.671. The van der Waals surface area contributed by atoms with Crippen molar-refractivity contribution in [2.45, 2.75) is 13.8 Å². The lowest BCUT2D eigenvalue weighted by atomic mass is 10.4. The van der Waals surface area contributed by atoms with E-state index in [9.17, 15) is 0 Å². The summed E-state index contributed by atoms with van der Waals surface area (Å²) in [6.07, 6.45) is 0. The molecule has 8 heteroatoms. The molecule has 1 saturated heterocycles. The quantitative estimate of drug-likeness (QED) is 0.567. The van der Waals surface area contributed by atoms with Crippen LogP contribution in [0.4, 0.5) is 5.95 Å². The van der Waals surface area contributed by atoms with E-state index in [4.69, 9.17) is 14.2 Å². The summed E-state index contributed by atoms with van der Waals surface area (Å²) in [4.78, 5) is 12.9. The van der Waals surface area contributed by atoms with Crippen molar-refractivity contribution in [2.75, 3.05) is 46.6 Å². The normalized spacial score (nSPS) is 17.1. The van der Waals surface area contributed by atoms with Gasteiger partial charge in [0.25, 0.3) is 0 Å². The van der Waals surface area contributed by atoms with Crippen molar-refractivity contribution < 1.29 is 26.6 Å². The first-order valence-electron chi connectivity index (χ1n) is 6.62. The molecule has 0 spiro atoms. The third kappa shape index (κ3) is 3.91. The van der Waals surface area contributed by atoms with Crippen LogP contribution in [0.3, 0.4) is 0 Å². The van der Waals surface area contributed by atoms with Crippen LogP contribution in [0.2, 0.25) is 0 Å². The molecule has 1 aliphatic heterocycles. The van der Waals surface area contributed by atoms with E-state index in [-0.39, 0.29) is 12.4 Å². The van der Waals surface area contributed by atoms with Crippen molar-refractivity contribution in [1.29, 1.82) is 0 Å². The van der Waals surface area contributed by atoms with Gasteiger partial charge in [-0.25, -0.2) is 0 Å². The largest absolute Gasteiger partial charge is 1.00 e. The first-order chi connectivity index (χ1) is 9.18. The highest BCUT2D eigenvalue weighted by atomic mass is 35.5. The van der Waals surface area contributed by atoms with Crippen LogP contribution in [0, 0.1) is 0 Å². The number of hydrogen-bond donors (Lipinski definition) is 0. The highest BCUT2D eigenvalue weighted by Crippen LogP contribution is 2.22. The van der Waals surface area contributed by atoms with E-state index in [0.29, 0.717) is 48.9 Å². The molecule has 1 fully saturated rings. The zero-order valence-corrected chi connectivity index (χ0v) is 12.9. The third-order valence-electron chi connectivity index (χ3n) is 3.07. The van der Waals surface area contributed by atoms with Crippen LogP contribution < -0.4 is 26.4 Å². The fourth-order valence-electron chi connectivity index (χ4n) is 1.90. The molecule has 0 amide bonds. The molecule has 0 saturated carbocycles. The Morgan fingerprint density at radius 2 is 1.50 bits per heavy atom. The molecule has 20 heavy (non-hydrogen) atoms. The molecule has 1 aromatic heterocycles. The molecule has 0 N–H and O–H groups in total. The Labute approximate surface area is 125 Å². The molecule has 0 atom stereocenters. The van der Waals surface area contributed by atoms with Crippen molar-refractivity contribution in [3.8, 4) is 12.0 Å². The lowest BCUT2D eigenvalue weighted by Gasteiger charge is -2.34. The maximum absolute atomic E-state index is 5.39. The first kappa shape index (κ1) is 16.9. The Bertz CT molecular complexity index is 403. The highest BCUT2D eigenvalue weighted by molar-refractivity contribution is 5.28. The third-order valence-corrected chi connectivity index (χ3v) is 3.07. The summed E-state index contributed by atoms with van der Waals surface area (Å²) in [5.41, 5.74) is 0. The topological polar surface area (TPSA) is 66.4 Å². The smallest absolute Gasteiger partial charge is 0.338 e. The fraction of sp³-hybridized carbons (Fsp3) is 0.750. The number of rotatable bonds is 5. The summed E-state index contributed by atoms with van der Waals surface area (Å²) in [7, 11) is 2.09. The second kappa shape index (κ2) is 7.56. The maximum atomic E-state index is 5.39. The molecular formula is C12H21ClN4O3. The number of halogens is 1. The number of nitrogens with zero attached hydrogens (tertiary/aromatic N) is 4. The van der Waals surface area contributed by atoms with Crippen LogP contribution in [-0.4, -0.2) is 61.5 Å². The Kier molecular flexibility index (Phi) is 6.38. The predicted molar refractivity (Wildman–Crippen MR) is 70.4 cm³/mol. The molecule has 0 radical (unpaired) electrons. The van der Waals surface area contributed by atoms with Gasteiger partial charge in [0.15, 0.2) is 0 Å². The Morgan fingerprint density at radius 1 is 1.00 bits per heavy atom. The van der Waals surface area contributed by atoms with E-state index >= 15 is 0 Å². The average molecular weight is 305 g/mol. The molecule has 114 valence electrons. The molecule has 7 nitrogen and oxygen atoms in total. The van der Waals surface area contributed by atoms with Crippen LogP contribution in [-0.2, 0) is 4.74 Å². The standard InChI is InChI=1S/C12H21N4O3.ClH/c1-4-18-11-13-10(14-12(15-11)19-5-2)16(3)6-8-17-9-7-16;/h4-9H2,1-3H3;1H/q+1;/p-1. The Morgan fingerprint density at radius 3 is 1.95 bits per heavy atom. The lowest BCUT2D eigenvalue weighted by Crippen LogP contribution is -3.00. The second-order valence-corrected chi connectivity index (χ2v) is 4.52. The van der Waals surface area contributed by atoms with Gasteiger partial charge in [-0.3, -0.25) is 4.48 Å². The summed E-state index contributed by atoms with van der Waals surface area (Å²) in [5, 5.41) is 0. The first-order valence-corrected chi connectivity index (χ1v) is 6.62. The summed E-state index contributed by atoms with van der Waals surface area (Å²) in [6.45, 7) is 7.90. The van der Waals surface area contributed by atoms with Crippen molar-refractivity contribution in [3.63, 3.8) is 0 Å².